The fourth-order valence-corrected chi connectivity index (χ4v) is 3.97. The van der Waals surface area contributed by atoms with Crippen molar-refractivity contribution in [1.82, 2.24) is 0 Å². The lowest BCUT2D eigenvalue weighted by atomic mass is 9.63. The summed E-state index contributed by atoms with van der Waals surface area (Å²) in [4.78, 5) is 36.2. The van der Waals surface area contributed by atoms with E-state index >= 15 is 0 Å². The summed E-state index contributed by atoms with van der Waals surface area (Å²) < 4.78 is 0. The van der Waals surface area contributed by atoms with Crippen LogP contribution in [0.4, 0.5) is 0 Å². The number of hydrogen-bond acceptors (Lipinski definition) is 4. The Balaban J connectivity index is 1.90. The molecule has 0 saturated carbocycles. The van der Waals surface area contributed by atoms with E-state index in [9.17, 15) is 19.5 Å². The van der Waals surface area contributed by atoms with Crippen LogP contribution in [-0.4, -0.2) is 27.7 Å². The number of carboxylic acid groups (broad SMARTS) is 1. The average molecular weight is 394 g/mol. The van der Waals surface area contributed by atoms with Crippen molar-refractivity contribution in [3.63, 3.8) is 0 Å². The van der Waals surface area contributed by atoms with E-state index in [0.29, 0.717) is 0 Å². The number of carbonyl (C=O) groups is 3. The van der Waals surface area contributed by atoms with Crippen molar-refractivity contribution in [1.29, 1.82) is 0 Å². The van der Waals surface area contributed by atoms with Crippen LogP contribution in [0.3, 0.4) is 0 Å². The number of carboxylic acids is 1. The molecule has 0 atom stereocenters. The van der Waals surface area contributed by atoms with Crippen LogP contribution in [0.25, 0.3) is 0 Å². The van der Waals surface area contributed by atoms with E-state index in [-0.39, 0.29) is 39.7 Å². The molecule has 5 nitrogen and oxygen atoms in total. The van der Waals surface area contributed by atoms with Gasteiger partial charge in [-0.25, -0.2) is 4.79 Å². The summed E-state index contributed by atoms with van der Waals surface area (Å²) in [6.45, 7) is 8.52. The fourth-order valence-electron chi connectivity index (χ4n) is 3.97. The Labute approximate surface area is 170 Å². The van der Waals surface area contributed by atoms with Crippen LogP contribution in [0.15, 0.2) is 36.4 Å². The lowest BCUT2D eigenvalue weighted by molar-refractivity contribution is 0.0695. The van der Waals surface area contributed by atoms with Crippen molar-refractivity contribution in [2.24, 2.45) is 0 Å². The Morgan fingerprint density at radius 2 is 1.31 bits per heavy atom. The highest BCUT2D eigenvalue weighted by atomic mass is 16.4. The molecule has 1 aliphatic carbocycles. The number of phenolic OH excluding ortho intramolecular Hbond substituents is 1. The number of Topliss-reactive ketones (excluding diaryl/α,β-unsaturated/α-hetero) is 2. The first kappa shape index (κ1) is 20.8. The summed E-state index contributed by atoms with van der Waals surface area (Å²) in [5.74, 6) is -2.04. The minimum Gasteiger partial charge on any atom is -0.507 e. The largest absolute Gasteiger partial charge is 0.507 e. The third-order valence-corrected chi connectivity index (χ3v) is 6.04. The third kappa shape index (κ3) is 3.95. The quantitative estimate of drug-likeness (QED) is 0.556. The number of benzene rings is 2. The first-order valence-corrected chi connectivity index (χ1v) is 9.70. The van der Waals surface area contributed by atoms with Gasteiger partial charge in [-0.15, -0.1) is 0 Å². The molecule has 0 fully saturated rings. The Morgan fingerprint density at radius 3 is 1.83 bits per heavy atom. The molecular formula is C24H26O5. The molecule has 2 aromatic rings. The zero-order valence-corrected chi connectivity index (χ0v) is 17.2. The number of hydrogen-bond donors (Lipinski definition) is 2. The highest BCUT2D eigenvalue weighted by molar-refractivity contribution is 6.14. The summed E-state index contributed by atoms with van der Waals surface area (Å²) in [6, 6.07) is 8.89. The zero-order chi connectivity index (χ0) is 21.6. The second-order valence-electron chi connectivity index (χ2n) is 9.09. The molecule has 2 aromatic carbocycles. The SMILES string of the molecule is CC1(C)CCC(C)(C)c2cc(C(=O)CC(=O)c3ccc(C(=O)O)cc3)c(O)cc21. The van der Waals surface area contributed by atoms with Crippen LogP contribution < -0.4 is 0 Å². The monoisotopic (exact) mass is 394 g/mol. The number of fused-ring (bicyclic) bond motifs is 1. The van der Waals surface area contributed by atoms with Crippen LogP contribution in [0.1, 0.15) is 89.2 Å². The summed E-state index contributed by atoms with van der Waals surface area (Å²) >= 11 is 0. The molecule has 0 aromatic heterocycles. The van der Waals surface area contributed by atoms with E-state index in [1.165, 1.54) is 24.3 Å². The van der Waals surface area contributed by atoms with Gasteiger partial charge in [0.05, 0.1) is 17.5 Å². The summed E-state index contributed by atoms with van der Waals surface area (Å²) in [6.07, 6.45) is 1.58. The van der Waals surface area contributed by atoms with Gasteiger partial charge in [-0.05, 0) is 59.1 Å². The predicted octanol–water partition coefficient (Wildman–Crippen LogP) is 4.90. The van der Waals surface area contributed by atoms with E-state index in [4.69, 9.17) is 5.11 Å². The predicted molar refractivity (Wildman–Crippen MR) is 110 cm³/mol. The van der Waals surface area contributed by atoms with Crippen LogP contribution in [0.5, 0.6) is 5.75 Å². The zero-order valence-electron chi connectivity index (χ0n) is 17.2. The van der Waals surface area contributed by atoms with Gasteiger partial charge in [0, 0.05) is 5.56 Å². The molecule has 0 saturated heterocycles. The van der Waals surface area contributed by atoms with Crippen molar-refractivity contribution in [3.05, 3.63) is 64.2 Å². The Bertz CT molecular complexity index is 997. The van der Waals surface area contributed by atoms with Crippen LogP contribution in [0.2, 0.25) is 0 Å². The first-order valence-electron chi connectivity index (χ1n) is 9.70. The lowest BCUT2D eigenvalue weighted by Crippen LogP contribution is -2.34. The van der Waals surface area contributed by atoms with Crippen molar-refractivity contribution >= 4 is 17.5 Å². The maximum absolute atomic E-state index is 12.8. The van der Waals surface area contributed by atoms with Gasteiger partial charge in [-0.2, -0.15) is 0 Å². The average Bonchev–Trinajstić information content (AvgIpc) is 2.65. The smallest absolute Gasteiger partial charge is 0.335 e. The van der Waals surface area contributed by atoms with Gasteiger partial charge in [0.15, 0.2) is 11.6 Å². The minimum atomic E-state index is -1.08. The van der Waals surface area contributed by atoms with Gasteiger partial charge in [0.1, 0.15) is 5.75 Å². The molecule has 1 aliphatic rings. The molecule has 0 heterocycles. The Morgan fingerprint density at radius 1 is 0.828 bits per heavy atom. The number of rotatable bonds is 5. The molecule has 0 amide bonds. The van der Waals surface area contributed by atoms with Crippen molar-refractivity contribution in [2.75, 3.05) is 0 Å². The van der Waals surface area contributed by atoms with Gasteiger partial charge in [0.25, 0.3) is 0 Å². The highest BCUT2D eigenvalue weighted by Gasteiger charge is 2.38. The molecule has 0 radical (unpaired) electrons. The van der Waals surface area contributed by atoms with Crippen LogP contribution >= 0.6 is 0 Å². The molecule has 29 heavy (non-hydrogen) atoms. The molecular weight excluding hydrogens is 368 g/mol. The van der Waals surface area contributed by atoms with Gasteiger partial charge >= 0.3 is 5.97 Å². The maximum Gasteiger partial charge on any atom is 0.335 e. The number of carbonyl (C=O) groups excluding carboxylic acids is 2. The van der Waals surface area contributed by atoms with Gasteiger partial charge in [-0.1, -0.05) is 39.8 Å². The van der Waals surface area contributed by atoms with Crippen molar-refractivity contribution < 1.29 is 24.6 Å². The Hall–Kier alpha value is -2.95. The Kier molecular flexibility index (Phi) is 5.11. The first-order chi connectivity index (χ1) is 13.4. The van der Waals surface area contributed by atoms with Gasteiger partial charge in [-0.3, -0.25) is 9.59 Å². The summed E-state index contributed by atoms with van der Waals surface area (Å²) in [7, 11) is 0. The maximum atomic E-state index is 12.8. The minimum absolute atomic E-state index is 0.0741. The standard InChI is InChI=1S/C24H26O5/c1-23(2)9-10-24(3,4)18-12-20(26)16(11-17(18)23)21(27)13-19(25)14-5-7-15(8-6-14)22(28)29/h5-8,11-12,26H,9-10,13H2,1-4H3,(H,28,29). The molecule has 152 valence electrons. The molecule has 2 N–H and O–H groups in total. The van der Waals surface area contributed by atoms with E-state index < -0.39 is 17.5 Å². The molecule has 0 spiro atoms. The number of aromatic carboxylic acids is 1. The van der Waals surface area contributed by atoms with E-state index in [1.54, 1.807) is 12.1 Å². The summed E-state index contributed by atoms with van der Waals surface area (Å²) in [5.41, 5.74) is 2.36. The van der Waals surface area contributed by atoms with Gasteiger partial charge < -0.3 is 10.2 Å². The normalized spacial score (nSPS) is 16.7. The number of ketones is 2. The van der Waals surface area contributed by atoms with Crippen molar-refractivity contribution in [3.8, 4) is 5.75 Å². The summed E-state index contributed by atoms with van der Waals surface area (Å²) in [5, 5.41) is 19.5. The van der Waals surface area contributed by atoms with Gasteiger partial charge in [0.2, 0.25) is 0 Å². The van der Waals surface area contributed by atoms with Crippen LogP contribution in [-0.2, 0) is 10.8 Å². The van der Waals surface area contributed by atoms with Crippen LogP contribution in [0, 0.1) is 0 Å². The van der Waals surface area contributed by atoms with Crippen molar-refractivity contribution in [2.45, 2.75) is 57.8 Å². The number of aromatic hydroxyl groups is 1. The molecule has 0 aliphatic heterocycles. The topological polar surface area (TPSA) is 91.7 Å². The second kappa shape index (κ2) is 7.14. The van der Waals surface area contributed by atoms with E-state index in [2.05, 4.69) is 27.7 Å². The highest BCUT2D eigenvalue weighted by Crippen LogP contribution is 2.47. The molecule has 0 unspecified atom stereocenters. The van der Waals surface area contributed by atoms with E-state index in [1.807, 2.05) is 0 Å². The number of phenols is 1. The molecule has 0 bridgehead atoms. The van der Waals surface area contributed by atoms with E-state index in [0.717, 1.165) is 24.0 Å². The fraction of sp³-hybridized carbons (Fsp3) is 0.375. The third-order valence-electron chi connectivity index (χ3n) is 6.04. The lowest BCUT2D eigenvalue weighted by Gasteiger charge is -2.42. The second-order valence-corrected chi connectivity index (χ2v) is 9.09. The molecule has 3 rings (SSSR count). The molecule has 5 heteroatoms.